The van der Waals surface area contributed by atoms with Crippen LogP contribution in [0.15, 0.2) is 40.7 Å². The number of likely N-dealkylation sites (tertiary alicyclic amines) is 1. The molecule has 1 aromatic carbocycles. The van der Waals surface area contributed by atoms with Gasteiger partial charge in [0.25, 0.3) is 5.91 Å². The summed E-state index contributed by atoms with van der Waals surface area (Å²) in [7, 11) is 2.87. The molecular weight excluding hydrogens is 562 g/mol. The Balaban J connectivity index is 1.97. The predicted octanol–water partition coefficient (Wildman–Crippen LogP) is 5.61. The van der Waals surface area contributed by atoms with E-state index in [0.29, 0.717) is 22.0 Å². The van der Waals surface area contributed by atoms with Crippen LogP contribution < -0.4 is 4.74 Å². The summed E-state index contributed by atoms with van der Waals surface area (Å²) in [6.07, 6.45) is 1.66. The van der Waals surface area contributed by atoms with Crippen molar-refractivity contribution >= 4 is 40.5 Å². The molecule has 3 atom stereocenters. The van der Waals surface area contributed by atoms with E-state index in [-0.39, 0.29) is 18.3 Å². The van der Waals surface area contributed by atoms with Crippen LogP contribution in [0.2, 0.25) is 0 Å². The van der Waals surface area contributed by atoms with Crippen LogP contribution >= 0.6 is 22.7 Å². The molecule has 1 fully saturated rings. The molecule has 0 aliphatic carbocycles. The smallest absolute Gasteiger partial charge is 0.333 e. The zero-order valence-electron chi connectivity index (χ0n) is 24.7. The predicted molar refractivity (Wildman–Crippen MR) is 157 cm³/mol. The van der Waals surface area contributed by atoms with Gasteiger partial charge >= 0.3 is 11.9 Å². The monoisotopic (exact) mass is 599 g/mol. The Labute approximate surface area is 248 Å². The number of ether oxygens (including phenoxy) is 3. The summed E-state index contributed by atoms with van der Waals surface area (Å²) in [4.78, 5) is 52.8. The maximum atomic E-state index is 14.7. The SMILES string of the molecule is COC(=O)[C@H]1C[C@@](Cc2cscn2)(C(=O)OC(C)(C)C)N(C(=O)c2ccc(C(C)(C)C)c(OC)c2)[C@H]1c1nccs1. The standard InChI is InChI=1S/C30H37N3O6S2/c1-28(2,3)21-10-9-18(13-22(21)37-7)25(34)33-23(24-31-11-12-41-24)20(26(35)38-8)15-30(33,14-19-16-40-17-32-19)27(36)39-29(4,5)6/h9-13,16-17,20,23H,14-15H2,1-8H3/t20-,23+,30-/m0/s1. The molecule has 220 valence electrons. The minimum absolute atomic E-state index is 0.0146. The van der Waals surface area contributed by atoms with Crippen LogP contribution in [0.4, 0.5) is 0 Å². The van der Waals surface area contributed by atoms with Crippen LogP contribution in [-0.4, -0.2) is 58.1 Å². The first-order valence-corrected chi connectivity index (χ1v) is 15.1. The lowest BCUT2D eigenvalue weighted by molar-refractivity contribution is -0.167. The van der Waals surface area contributed by atoms with Gasteiger partial charge in [0.05, 0.1) is 37.4 Å². The highest BCUT2D eigenvalue weighted by atomic mass is 32.1. The van der Waals surface area contributed by atoms with Gasteiger partial charge < -0.3 is 19.1 Å². The van der Waals surface area contributed by atoms with Crippen molar-refractivity contribution in [3.05, 3.63) is 62.5 Å². The largest absolute Gasteiger partial charge is 0.496 e. The molecule has 2 aromatic heterocycles. The number of benzene rings is 1. The van der Waals surface area contributed by atoms with Gasteiger partial charge in [0.2, 0.25) is 0 Å². The van der Waals surface area contributed by atoms with Crippen LogP contribution in [0.1, 0.15) is 80.6 Å². The maximum Gasteiger partial charge on any atom is 0.333 e. The van der Waals surface area contributed by atoms with Gasteiger partial charge in [0, 0.05) is 28.9 Å². The Morgan fingerprint density at radius 2 is 1.83 bits per heavy atom. The fourth-order valence-corrected chi connectivity index (χ4v) is 6.71. The van der Waals surface area contributed by atoms with Crippen molar-refractivity contribution in [3.63, 3.8) is 0 Å². The Morgan fingerprint density at radius 3 is 2.37 bits per heavy atom. The van der Waals surface area contributed by atoms with Crippen LogP contribution in [-0.2, 0) is 30.9 Å². The van der Waals surface area contributed by atoms with Crippen molar-refractivity contribution in [2.45, 2.75) is 77.0 Å². The molecule has 0 unspecified atom stereocenters. The van der Waals surface area contributed by atoms with E-state index in [0.717, 1.165) is 5.56 Å². The fourth-order valence-electron chi connectivity index (χ4n) is 5.36. The van der Waals surface area contributed by atoms with Crippen LogP contribution in [0.3, 0.4) is 0 Å². The lowest BCUT2D eigenvalue weighted by Gasteiger charge is -2.40. The summed E-state index contributed by atoms with van der Waals surface area (Å²) in [5.74, 6) is -1.90. The zero-order chi connectivity index (χ0) is 30.2. The average Bonchev–Trinajstić information content (AvgIpc) is 3.67. The molecule has 41 heavy (non-hydrogen) atoms. The summed E-state index contributed by atoms with van der Waals surface area (Å²) in [5, 5.41) is 4.14. The number of amides is 1. The Hall–Kier alpha value is -3.31. The molecule has 3 aromatic rings. The normalized spacial score (nSPS) is 21.0. The van der Waals surface area contributed by atoms with Crippen molar-refractivity contribution in [1.29, 1.82) is 0 Å². The van der Waals surface area contributed by atoms with Gasteiger partial charge in [-0.3, -0.25) is 9.59 Å². The second kappa shape index (κ2) is 11.5. The fraction of sp³-hybridized carbons (Fsp3) is 0.500. The van der Waals surface area contributed by atoms with Crippen molar-refractivity contribution in [3.8, 4) is 5.75 Å². The van der Waals surface area contributed by atoms with E-state index in [4.69, 9.17) is 14.2 Å². The number of carbonyl (C=O) groups is 3. The molecule has 1 aliphatic rings. The highest BCUT2D eigenvalue weighted by Gasteiger charge is 2.63. The average molecular weight is 600 g/mol. The van der Waals surface area contributed by atoms with Crippen LogP contribution in [0.5, 0.6) is 5.75 Å². The number of nitrogens with zero attached hydrogens (tertiary/aromatic N) is 3. The third kappa shape index (κ3) is 6.16. The third-order valence-electron chi connectivity index (χ3n) is 7.10. The van der Waals surface area contributed by atoms with Gasteiger partial charge in [-0.1, -0.05) is 26.8 Å². The summed E-state index contributed by atoms with van der Waals surface area (Å²) in [6.45, 7) is 11.5. The first kappa shape index (κ1) is 30.6. The number of esters is 2. The molecule has 0 bridgehead atoms. The molecule has 4 rings (SSSR count). The first-order valence-electron chi connectivity index (χ1n) is 13.3. The van der Waals surface area contributed by atoms with E-state index < -0.39 is 40.9 Å². The summed E-state index contributed by atoms with van der Waals surface area (Å²) in [5.41, 5.74) is 0.886. The van der Waals surface area contributed by atoms with E-state index >= 15 is 0 Å². The Bertz CT molecular complexity index is 1390. The van der Waals surface area contributed by atoms with E-state index in [1.807, 2.05) is 11.4 Å². The van der Waals surface area contributed by atoms with Crippen LogP contribution in [0.25, 0.3) is 0 Å². The molecule has 0 N–H and O–H groups in total. The zero-order valence-corrected chi connectivity index (χ0v) is 26.4. The van der Waals surface area contributed by atoms with Gasteiger partial charge in [0.15, 0.2) is 0 Å². The lowest BCUT2D eigenvalue weighted by Crippen LogP contribution is -2.57. The number of carbonyl (C=O) groups excluding carboxylic acids is 3. The summed E-state index contributed by atoms with van der Waals surface area (Å²) < 4.78 is 16.9. The number of hydrogen-bond acceptors (Lipinski definition) is 10. The van der Waals surface area contributed by atoms with Gasteiger partial charge in [-0.15, -0.1) is 22.7 Å². The van der Waals surface area contributed by atoms with Gasteiger partial charge in [-0.2, -0.15) is 0 Å². The number of rotatable bonds is 7. The maximum absolute atomic E-state index is 14.7. The molecular formula is C30H37N3O6S2. The van der Waals surface area contributed by atoms with Gasteiger partial charge in [-0.25, -0.2) is 14.8 Å². The molecule has 1 amide bonds. The van der Waals surface area contributed by atoms with Crippen molar-refractivity contribution < 1.29 is 28.6 Å². The molecule has 9 nitrogen and oxygen atoms in total. The minimum atomic E-state index is -1.57. The molecule has 3 heterocycles. The second-order valence-corrected chi connectivity index (χ2v) is 13.8. The highest BCUT2D eigenvalue weighted by molar-refractivity contribution is 7.09. The Kier molecular flexibility index (Phi) is 8.61. The summed E-state index contributed by atoms with van der Waals surface area (Å²) in [6, 6.07) is 4.43. The van der Waals surface area contributed by atoms with E-state index in [9.17, 15) is 14.4 Å². The lowest BCUT2D eigenvalue weighted by atomic mass is 9.85. The van der Waals surface area contributed by atoms with E-state index in [1.54, 1.807) is 57.1 Å². The highest BCUT2D eigenvalue weighted by Crippen LogP contribution is 2.51. The van der Waals surface area contributed by atoms with Crippen molar-refractivity contribution in [1.82, 2.24) is 14.9 Å². The second-order valence-electron chi connectivity index (χ2n) is 12.2. The topological polar surface area (TPSA) is 108 Å². The molecule has 1 saturated heterocycles. The minimum Gasteiger partial charge on any atom is -0.496 e. The van der Waals surface area contributed by atoms with Crippen LogP contribution in [0, 0.1) is 5.92 Å². The van der Waals surface area contributed by atoms with E-state index in [2.05, 4.69) is 30.7 Å². The summed E-state index contributed by atoms with van der Waals surface area (Å²) >= 11 is 2.70. The van der Waals surface area contributed by atoms with E-state index in [1.165, 1.54) is 34.7 Å². The van der Waals surface area contributed by atoms with Crippen molar-refractivity contribution in [2.24, 2.45) is 5.92 Å². The molecule has 0 radical (unpaired) electrons. The number of methoxy groups -OCH3 is 2. The van der Waals surface area contributed by atoms with Gasteiger partial charge in [0.1, 0.15) is 21.9 Å². The quantitative estimate of drug-likeness (QED) is 0.323. The van der Waals surface area contributed by atoms with Gasteiger partial charge in [-0.05, 0) is 50.3 Å². The number of aromatic nitrogens is 2. The number of hydrogen-bond donors (Lipinski definition) is 0. The molecule has 11 heteroatoms. The number of thiazole rings is 2. The molecule has 1 aliphatic heterocycles. The Morgan fingerprint density at radius 1 is 1.10 bits per heavy atom. The molecule has 0 saturated carbocycles. The first-order chi connectivity index (χ1) is 19.2. The van der Waals surface area contributed by atoms with Crippen molar-refractivity contribution in [2.75, 3.05) is 14.2 Å². The molecule has 0 spiro atoms. The third-order valence-corrected chi connectivity index (χ3v) is 8.58.